The largest absolute Gasteiger partial charge is 0.497 e. The molecule has 2 aromatic carbocycles. The van der Waals surface area contributed by atoms with E-state index in [1.165, 1.54) is 14.2 Å². The van der Waals surface area contributed by atoms with E-state index in [1.807, 2.05) is 0 Å². The van der Waals surface area contributed by atoms with Crippen molar-refractivity contribution in [3.63, 3.8) is 0 Å². The third kappa shape index (κ3) is 4.39. The lowest BCUT2D eigenvalue weighted by atomic mass is 10.1. The summed E-state index contributed by atoms with van der Waals surface area (Å²) in [6, 6.07) is 9.01. The van der Waals surface area contributed by atoms with E-state index in [-0.39, 0.29) is 12.3 Å². The second-order valence-electron chi connectivity index (χ2n) is 5.16. The summed E-state index contributed by atoms with van der Waals surface area (Å²) in [5, 5.41) is 2.59. The van der Waals surface area contributed by atoms with Crippen LogP contribution in [-0.4, -0.2) is 26.8 Å². The Morgan fingerprint density at radius 2 is 1.80 bits per heavy atom. The maximum Gasteiger partial charge on any atom is 0.254 e. The number of carbonyl (C=O) groups excluding carboxylic acids is 1. The molecule has 0 aliphatic rings. The third-order valence-corrected chi connectivity index (χ3v) is 3.61. The number of rotatable bonds is 7. The summed E-state index contributed by atoms with van der Waals surface area (Å²) >= 11 is 0. The molecule has 1 unspecified atom stereocenters. The van der Waals surface area contributed by atoms with Crippen molar-refractivity contribution in [3.05, 3.63) is 59.2 Å². The second-order valence-corrected chi connectivity index (χ2v) is 5.16. The average Bonchev–Trinajstić information content (AvgIpc) is 2.62. The molecule has 0 bridgehead atoms. The van der Waals surface area contributed by atoms with Crippen LogP contribution in [0.1, 0.15) is 17.2 Å². The number of nitrogens with one attached hydrogen (secondary N) is 1. The van der Waals surface area contributed by atoms with Crippen LogP contribution in [0.3, 0.4) is 0 Å². The standard InChI is InChI=1S/C18H18F2N2O3/c1-21-12-6-4-11(5-7-12)10-22-18(23)17(25-3)16-14(19)8-13(24-2)9-15(16)20/h4-9,17H,1,10H2,2-3H3,(H,22,23). The van der Waals surface area contributed by atoms with Gasteiger partial charge in [-0.05, 0) is 24.4 Å². The van der Waals surface area contributed by atoms with E-state index < -0.39 is 29.2 Å². The zero-order chi connectivity index (χ0) is 18.4. The molecular formula is C18H18F2N2O3. The van der Waals surface area contributed by atoms with Gasteiger partial charge in [-0.3, -0.25) is 9.79 Å². The Labute approximate surface area is 144 Å². The Kier molecular flexibility index (Phi) is 6.19. The molecule has 2 aromatic rings. The van der Waals surface area contributed by atoms with E-state index in [1.54, 1.807) is 24.3 Å². The van der Waals surface area contributed by atoms with Crippen LogP contribution in [-0.2, 0) is 16.1 Å². The zero-order valence-electron chi connectivity index (χ0n) is 13.9. The van der Waals surface area contributed by atoms with Gasteiger partial charge < -0.3 is 14.8 Å². The quantitative estimate of drug-likeness (QED) is 0.781. The fourth-order valence-corrected chi connectivity index (χ4v) is 2.29. The molecule has 1 amide bonds. The Bertz CT molecular complexity index is 740. The molecule has 0 aliphatic carbocycles. The summed E-state index contributed by atoms with van der Waals surface area (Å²) in [7, 11) is 2.50. The van der Waals surface area contributed by atoms with E-state index in [0.717, 1.165) is 17.7 Å². The van der Waals surface area contributed by atoms with Crippen molar-refractivity contribution in [1.29, 1.82) is 0 Å². The lowest BCUT2D eigenvalue weighted by molar-refractivity contribution is -0.131. The summed E-state index contributed by atoms with van der Waals surface area (Å²) < 4.78 is 38.1. The molecule has 0 aliphatic heterocycles. The number of carbonyl (C=O) groups is 1. The van der Waals surface area contributed by atoms with E-state index >= 15 is 0 Å². The molecule has 132 valence electrons. The molecule has 0 saturated carbocycles. The lowest BCUT2D eigenvalue weighted by Crippen LogP contribution is -2.31. The molecule has 7 heteroatoms. The highest BCUT2D eigenvalue weighted by atomic mass is 19.1. The van der Waals surface area contributed by atoms with Crippen LogP contribution >= 0.6 is 0 Å². The van der Waals surface area contributed by atoms with Crippen molar-refractivity contribution in [2.45, 2.75) is 12.6 Å². The van der Waals surface area contributed by atoms with Gasteiger partial charge in [-0.2, -0.15) is 0 Å². The first kappa shape index (κ1) is 18.5. The summed E-state index contributed by atoms with van der Waals surface area (Å²) in [5.41, 5.74) is 1.03. The van der Waals surface area contributed by atoms with Gasteiger partial charge in [-0.15, -0.1) is 0 Å². The van der Waals surface area contributed by atoms with Gasteiger partial charge >= 0.3 is 0 Å². The van der Waals surface area contributed by atoms with Crippen molar-refractivity contribution in [3.8, 4) is 5.75 Å². The van der Waals surface area contributed by atoms with E-state index in [2.05, 4.69) is 17.0 Å². The van der Waals surface area contributed by atoms with Crippen LogP contribution in [0.15, 0.2) is 41.4 Å². The molecule has 0 fully saturated rings. The number of benzene rings is 2. The highest BCUT2D eigenvalue weighted by Gasteiger charge is 2.27. The minimum Gasteiger partial charge on any atom is -0.497 e. The molecule has 2 rings (SSSR count). The number of amides is 1. The van der Waals surface area contributed by atoms with Gasteiger partial charge in [-0.25, -0.2) is 8.78 Å². The maximum atomic E-state index is 14.1. The number of hydrogen-bond donors (Lipinski definition) is 1. The Morgan fingerprint density at radius 3 is 2.28 bits per heavy atom. The van der Waals surface area contributed by atoms with Crippen molar-refractivity contribution >= 4 is 18.3 Å². The summed E-state index contributed by atoms with van der Waals surface area (Å²) in [6.45, 7) is 3.59. The SMILES string of the molecule is C=Nc1ccc(CNC(=O)C(OC)c2c(F)cc(OC)cc2F)cc1. The average molecular weight is 348 g/mol. The second kappa shape index (κ2) is 8.34. The summed E-state index contributed by atoms with van der Waals surface area (Å²) in [6.07, 6.45) is -1.42. The van der Waals surface area contributed by atoms with E-state index in [0.29, 0.717) is 5.69 Å². The maximum absolute atomic E-state index is 14.1. The molecule has 0 saturated heterocycles. The number of aliphatic imine (C=N–C) groups is 1. The fourth-order valence-electron chi connectivity index (χ4n) is 2.29. The predicted octanol–water partition coefficient (Wildman–Crippen LogP) is 3.31. The van der Waals surface area contributed by atoms with Crippen molar-refractivity contribution in [2.75, 3.05) is 14.2 Å². The monoisotopic (exact) mass is 348 g/mol. The molecule has 0 spiro atoms. The van der Waals surface area contributed by atoms with Crippen molar-refractivity contribution < 1.29 is 23.0 Å². The number of halogens is 2. The van der Waals surface area contributed by atoms with Crippen LogP contribution in [0.25, 0.3) is 0 Å². The van der Waals surface area contributed by atoms with Crippen LogP contribution in [0.2, 0.25) is 0 Å². The zero-order valence-corrected chi connectivity index (χ0v) is 13.9. The van der Waals surface area contributed by atoms with Crippen molar-refractivity contribution in [2.24, 2.45) is 4.99 Å². The molecule has 25 heavy (non-hydrogen) atoms. The molecular weight excluding hydrogens is 330 g/mol. The Balaban J connectivity index is 2.14. The van der Waals surface area contributed by atoms with Crippen LogP contribution < -0.4 is 10.1 Å². The smallest absolute Gasteiger partial charge is 0.254 e. The minimum absolute atomic E-state index is 0.0185. The number of methoxy groups -OCH3 is 2. The first-order chi connectivity index (χ1) is 12.0. The molecule has 5 nitrogen and oxygen atoms in total. The number of hydrogen-bond acceptors (Lipinski definition) is 4. The normalized spacial score (nSPS) is 11.7. The first-order valence-corrected chi connectivity index (χ1v) is 7.39. The van der Waals surface area contributed by atoms with Gasteiger partial charge in [0.25, 0.3) is 5.91 Å². The van der Waals surface area contributed by atoms with Gasteiger partial charge in [0.1, 0.15) is 17.4 Å². The molecule has 0 radical (unpaired) electrons. The van der Waals surface area contributed by atoms with Crippen molar-refractivity contribution in [1.82, 2.24) is 5.32 Å². The summed E-state index contributed by atoms with van der Waals surface area (Å²) in [5.74, 6) is -2.47. The fraction of sp³-hybridized carbons (Fsp3) is 0.222. The number of ether oxygens (including phenoxy) is 2. The van der Waals surface area contributed by atoms with Gasteiger partial charge in [0, 0.05) is 25.8 Å². The van der Waals surface area contributed by atoms with Crippen LogP contribution in [0, 0.1) is 11.6 Å². The van der Waals surface area contributed by atoms with Gasteiger partial charge in [0.05, 0.1) is 18.4 Å². The van der Waals surface area contributed by atoms with Gasteiger partial charge in [0.2, 0.25) is 0 Å². The van der Waals surface area contributed by atoms with Crippen LogP contribution in [0.4, 0.5) is 14.5 Å². The van der Waals surface area contributed by atoms with Gasteiger partial charge in [-0.1, -0.05) is 12.1 Å². The number of nitrogens with zero attached hydrogens (tertiary/aromatic N) is 1. The molecule has 1 atom stereocenters. The molecule has 0 heterocycles. The Hall–Kier alpha value is -2.80. The Morgan fingerprint density at radius 1 is 1.20 bits per heavy atom. The van der Waals surface area contributed by atoms with E-state index in [9.17, 15) is 13.6 Å². The van der Waals surface area contributed by atoms with E-state index in [4.69, 9.17) is 9.47 Å². The molecule has 0 aromatic heterocycles. The third-order valence-electron chi connectivity index (χ3n) is 3.61. The van der Waals surface area contributed by atoms with Gasteiger partial charge in [0.15, 0.2) is 6.10 Å². The van der Waals surface area contributed by atoms with Crippen LogP contribution in [0.5, 0.6) is 5.75 Å². The predicted molar refractivity (Wildman–Crippen MR) is 90.2 cm³/mol. The topological polar surface area (TPSA) is 59.9 Å². The summed E-state index contributed by atoms with van der Waals surface area (Å²) in [4.78, 5) is 16.1. The lowest BCUT2D eigenvalue weighted by Gasteiger charge is -2.17. The molecule has 1 N–H and O–H groups in total. The highest BCUT2D eigenvalue weighted by Crippen LogP contribution is 2.28. The first-order valence-electron chi connectivity index (χ1n) is 7.39. The highest BCUT2D eigenvalue weighted by molar-refractivity contribution is 5.82. The minimum atomic E-state index is -1.42.